The van der Waals surface area contributed by atoms with E-state index in [9.17, 15) is 4.39 Å². The van der Waals surface area contributed by atoms with Crippen LogP contribution in [0.1, 0.15) is 19.4 Å². The second-order valence-electron chi connectivity index (χ2n) is 4.14. The van der Waals surface area contributed by atoms with Crippen LogP contribution in [0.15, 0.2) is 18.2 Å². The number of hydrogen-bond donors (Lipinski definition) is 2. The third kappa shape index (κ3) is 4.71. The van der Waals surface area contributed by atoms with Crippen LogP contribution in [0, 0.1) is 11.7 Å². The van der Waals surface area contributed by atoms with Gasteiger partial charge < -0.3 is 15.2 Å². The molecular formula is C13H20FNO2. The molecule has 0 heterocycles. The summed E-state index contributed by atoms with van der Waals surface area (Å²) in [5.74, 6) is -0.105. The van der Waals surface area contributed by atoms with Gasteiger partial charge in [-0.3, -0.25) is 0 Å². The Bertz CT molecular complexity index is 344. The topological polar surface area (TPSA) is 41.5 Å². The quantitative estimate of drug-likeness (QED) is 0.766. The van der Waals surface area contributed by atoms with Gasteiger partial charge in [0.1, 0.15) is 0 Å². The van der Waals surface area contributed by atoms with Gasteiger partial charge in [-0.1, -0.05) is 19.9 Å². The van der Waals surface area contributed by atoms with Gasteiger partial charge in [0, 0.05) is 19.1 Å². The Kier molecular flexibility index (Phi) is 5.94. The molecule has 2 N–H and O–H groups in total. The van der Waals surface area contributed by atoms with Crippen molar-refractivity contribution in [3.63, 3.8) is 0 Å². The molecular weight excluding hydrogens is 221 g/mol. The molecule has 17 heavy (non-hydrogen) atoms. The minimum atomic E-state index is -0.356. The van der Waals surface area contributed by atoms with Gasteiger partial charge in [-0.25, -0.2) is 4.39 Å². The molecule has 1 aromatic rings. The zero-order chi connectivity index (χ0) is 12.7. The number of aliphatic hydroxyl groups excluding tert-OH is 1. The molecule has 0 aliphatic rings. The lowest BCUT2D eigenvalue weighted by molar-refractivity contribution is 0.171. The van der Waals surface area contributed by atoms with Crippen molar-refractivity contribution in [3.05, 3.63) is 29.6 Å². The van der Waals surface area contributed by atoms with E-state index in [-0.39, 0.29) is 24.1 Å². The molecule has 0 fully saturated rings. The minimum absolute atomic E-state index is 0.0100. The number of aliphatic hydroxyl groups is 1. The second-order valence-corrected chi connectivity index (χ2v) is 4.14. The number of ether oxygens (including phenoxy) is 1. The monoisotopic (exact) mass is 241 g/mol. The molecule has 1 rings (SSSR count). The Balaban J connectivity index is 2.56. The van der Waals surface area contributed by atoms with Gasteiger partial charge in [0.05, 0.1) is 6.61 Å². The second kappa shape index (κ2) is 7.25. The molecule has 0 saturated heterocycles. The van der Waals surface area contributed by atoms with Crippen LogP contribution in [-0.4, -0.2) is 24.9 Å². The summed E-state index contributed by atoms with van der Waals surface area (Å²) in [6, 6.07) is 4.94. The Morgan fingerprint density at radius 3 is 2.82 bits per heavy atom. The lowest BCUT2D eigenvalue weighted by Crippen LogP contribution is -2.14. The average molecular weight is 241 g/mol. The van der Waals surface area contributed by atoms with E-state index in [4.69, 9.17) is 9.84 Å². The van der Waals surface area contributed by atoms with Crippen LogP contribution in [0.2, 0.25) is 0 Å². The summed E-state index contributed by atoms with van der Waals surface area (Å²) in [5, 5.41) is 12.0. The first-order valence-corrected chi connectivity index (χ1v) is 5.90. The van der Waals surface area contributed by atoms with Gasteiger partial charge in [0.2, 0.25) is 0 Å². The molecule has 0 aromatic heterocycles. The van der Waals surface area contributed by atoms with Gasteiger partial charge in [0.25, 0.3) is 0 Å². The summed E-state index contributed by atoms with van der Waals surface area (Å²) in [4.78, 5) is 0. The Hall–Kier alpha value is -1.13. The normalized spacial score (nSPS) is 12.5. The first-order valence-electron chi connectivity index (χ1n) is 5.90. The van der Waals surface area contributed by atoms with Crippen molar-refractivity contribution in [1.82, 2.24) is 5.32 Å². The largest absolute Gasteiger partial charge is 0.490 e. The molecule has 1 aromatic carbocycles. The van der Waals surface area contributed by atoms with Crippen molar-refractivity contribution in [2.45, 2.75) is 20.4 Å². The van der Waals surface area contributed by atoms with Crippen LogP contribution in [0.4, 0.5) is 4.39 Å². The molecule has 96 valence electrons. The first kappa shape index (κ1) is 13.9. The number of benzene rings is 1. The fourth-order valence-electron chi connectivity index (χ4n) is 1.33. The Labute approximate surface area is 102 Å². The lowest BCUT2D eigenvalue weighted by Gasteiger charge is -2.12. The summed E-state index contributed by atoms with van der Waals surface area (Å²) < 4.78 is 18.9. The van der Waals surface area contributed by atoms with Crippen LogP contribution in [0.25, 0.3) is 0 Å². The van der Waals surface area contributed by atoms with Crippen molar-refractivity contribution in [3.8, 4) is 5.75 Å². The Morgan fingerprint density at radius 2 is 2.24 bits per heavy atom. The van der Waals surface area contributed by atoms with E-state index in [2.05, 4.69) is 5.32 Å². The van der Waals surface area contributed by atoms with E-state index in [1.165, 1.54) is 6.07 Å². The van der Waals surface area contributed by atoms with Crippen molar-refractivity contribution >= 4 is 0 Å². The van der Waals surface area contributed by atoms with Crippen molar-refractivity contribution in [1.29, 1.82) is 0 Å². The first-order chi connectivity index (χ1) is 8.17. The van der Waals surface area contributed by atoms with Gasteiger partial charge in [0.15, 0.2) is 11.6 Å². The predicted molar refractivity (Wildman–Crippen MR) is 65.5 cm³/mol. The molecule has 0 amide bonds. The van der Waals surface area contributed by atoms with E-state index < -0.39 is 0 Å². The predicted octanol–water partition coefficient (Wildman–Crippen LogP) is 1.94. The molecule has 0 radical (unpaired) electrons. The molecule has 0 saturated carbocycles. The zero-order valence-electron chi connectivity index (χ0n) is 10.4. The molecule has 3 nitrogen and oxygen atoms in total. The van der Waals surface area contributed by atoms with Crippen LogP contribution in [-0.2, 0) is 6.54 Å². The summed E-state index contributed by atoms with van der Waals surface area (Å²) >= 11 is 0. The summed E-state index contributed by atoms with van der Waals surface area (Å²) in [7, 11) is 0. The molecule has 0 bridgehead atoms. The molecule has 0 spiro atoms. The standard InChI is InChI=1S/C13H20FNO2/c1-3-15-7-11-4-5-13(12(14)6-11)17-9-10(2)8-16/h4-6,10,15-16H,3,7-9H2,1-2H3. The SMILES string of the molecule is CCNCc1ccc(OCC(C)CO)c(F)c1. The van der Waals surface area contributed by atoms with Gasteiger partial charge >= 0.3 is 0 Å². The number of halogens is 1. The van der Waals surface area contributed by atoms with Crippen LogP contribution < -0.4 is 10.1 Å². The van der Waals surface area contributed by atoms with Crippen molar-refractivity contribution in [2.24, 2.45) is 5.92 Å². The highest BCUT2D eigenvalue weighted by atomic mass is 19.1. The van der Waals surface area contributed by atoms with Crippen LogP contribution in [0.3, 0.4) is 0 Å². The highest BCUT2D eigenvalue weighted by molar-refractivity contribution is 5.29. The van der Waals surface area contributed by atoms with E-state index in [0.29, 0.717) is 13.2 Å². The van der Waals surface area contributed by atoms with Crippen molar-refractivity contribution in [2.75, 3.05) is 19.8 Å². The molecule has 0 aliphatic heterocycles. The highest BCUT2D eigenvalue weighted by Gasteiger charge is 2.07. The third-order valence-electron chi connectivity index (χ3n) is 2.41. The number of nitrogens with one attached hydrogen (secondary N) is 1. The number of rotatable bonds is 7. The maximum atomic E-state index is 13.6. The molecule has 1 unspecified atom stereocenters. The average Bonchev–Trinajstić information content (AvgIpc) is 2.34. The van der Waals surface area contributed by atoms with E-state index in [1.807, 2.05) is 19.9 Å². The third-order valence-corrected chi connectivity index (χ3v) is 2.41. The van der Waals surface area contributed by atoms with Gasteiger partial charge in [-0.15, -0.1) is 0 Å². The Morgan fingerprint density at radius 1 is 1.47 bits per heavy atom. The van der Waals surface area contributed by atoms with Crippen molar-refractivity contribution < 1.29 is 14.2 Å². The fourth-order valence-corrected chi connectivity index (χ4v) is 1.33. The summed E-state index contributed by atoms with van der Waals surface area (Å²) in [6.45, 7) is 5.72. The molecule has 0 aliphatic carbocycles. The van der Waals surface area contributed by atoms with Crippen LogP contribution >= 0.6 is 0 Å². The van der Waals surface area contributed by atoms with E-state index >= 15 is 0 Å². The van der Waals surface area contributed by atoms with E-state index in [1.54, 1.807) is 6.07 Å². The summed E-state index contributed by atoms with van der Waals surface area (Å²) in [6.07, 6.45) is 0. The maximum Gasteiger partial charge on any atom is 0.165 e. The lowest BCUT2D eigenvalue weighted by atomic mass is 10.2. The maximum absolute atomic E-state index is 13.6. The van der Waals surface area contributed by atoms with Gasteiger partial charge in [-0.05, 0) is 24.2 Å². The summed E-state index contributed by atoms with van der Waals surface area (Å²) in [5.41, 5.74) is 0.895. The highest BCUT2D eigenvalue weighted by Crippen LogP contribution is 2.19. The minimum Gasteiger partial charge on any atom is -0.490 e. The molecule has 1 atom stereocenters. The zero-order valence-corrected chi connectivity index (χ0v) is 10.4. The number of hydrogen-bond acceptors (Lipinski definition) is 3. The van der Waals surface area contributed by atoms with Crippen LogP contribution in [0.5, 0.6) is 5.75 Å². The fraction of sp³-hybridized carbons (Fsp3) is 0.538. The molecule has 4 heteroatoms. The van der Waals surface area contributed by atoms with Gasteiger partial charge in [-0.2, -0.15) is 0 Å². The smallest absolute Gasteiger partial charge is 0.165 e. The van der Waals surface area contributed by atoms with E-state index in [0.717, 1.165) is 12.1 Å².